The first-order chi connectivity index (χ1) is 11.9. The van der Waals surface area contributed by atoms with Crippen LogP contribution in [-0.4, -0.2) is 41.5 Å². The molecule has 3 rings (SSSR count). The fraction of sp³-hybridized carbons (Fsp3) is 0.267. The summed E-state index contributed by atoms with van der Waals surface area (Å²) in [5.74, 6) is -1.78. The van der Waals surface area contributed by atoms with Crippen molar-refractivity contribution in [2.75, 3.05) is 5.32 Å². The molecule has 0 radical (unpaired) electrons. The Bertz CT molecular complexity index is 955. The Hall–Kier alpha value is -3.01. The Labute approximate surface area is 146 Å². The number of amides is 1. The molecule has 0 aliphatic carbocycles. The lowest BCUT2D eigenvalue weighted by atomic mass is 10.2. The van der Waals surface area contributed by atoms with Crippen molar-refractivity contribution in [3.8, 4) is 11.3 Å². The number of hydrogen-bond donors (Lipinski definition) is 2. The maximum atomic E-state index is 12.4. The predicted molar refractivity (Wildman–Crippen MR) is 91.9 cm³/mol. The fourth-order valence-corrected chi connectivity index (χ4v) is 3.11. The molecule has 25 heavy (non-hydrogen) atoms. The molecule has 0 fully saturated rings. The summed E-state index contributed by atoms with van der Waals surface area (Å²) >= 11 is 1.26. The van der Waals surface area contributed by atoms with Crippen LogP contribution in [0.1, 0.15) is 33.5 Å². The maximum absolute atomic E-state index is 12.4. The van der Waals surface area contributed by atoms with Crippen LogP contribution in [0.25, 0.3) is 11.3 Å². The Balaban J connectivity index is 1.84. The standard InChI is InChI=1S/C15H16N6O3S/c1-4-21-6-10(8(2)19-21)11-7-25-15(17-11)18-13(22)12-9(14(23)24)5-16-20(12)3/h5-7H,4H2,1-3H3,(H,23,24)(H,17,18,22). The number of nitrogens with zero attached hydrogens (tertiary/aromatic N) is 5. The van der Waals surface area contributed by atoms with Gasteiger partial charge in [-0.1, -0.05) is 0 Å². The highest BCUT2D eigenvalue weighted by Gasteiger charge is 2.22. The summed E-state index contributed by atoms with van der Waals surface area (Å²) in [5.41, 5.74) is 2.27. The Morgan fingerprint density at radius 3 is 2.80 bits per heavy atom. The number of anilines is 1. The minimum Gasteiger partial charge on any atom is -0.478 e. The number of carbonyl (C=O) groups is 2. The topological polar surface area (TPSA) is 115 Å². The van der Waals surface area contributed by atoms with Gasteiger partial charge in [0.2, 0.25) is 0 Å². The smallest absolute Gasteiger partial charge is 0.339 e. The lowest BCUT2D eigenvalue weighted by Crippen LogP contribution is -2.19. The van der Waals surface area contributed by atoms with E-state index in [0.29, 0.717) is 10.8 Å². The van der Waals surface area contributed by atoms with Gasteiger partial charge < -0.3 is 5.11 Å². The van der Waals surface area contributed by atoms with E-state index in [9.17, 15) is 9.59 Å². The molecule has 3 aromatic heterocycles. The number of rotatable bonds is 5. The molecular formula is C15H16N6O3S. The molecule has 0 spiro atoms. The van der Waals surface area contributed by atoms with Gasteiger partial charge in [0, 0.05) is 30.7 Å². The van der Waals surface area contributed by atoms with E-state index < -0.39 is 11.9 Å². The van der Waals surface area contributed by atoms with Gasteiger partial charge in [0.25, 0.3) is 5.91 Å². The average molecular weight is 360 g/mol. The third kappa shape index (κ3) is 3.15. The number of thiazole rings is 1. The molecule has 0 aliphatic rings. The van der Waals surface area contributed by atoms with Crippen molar-refractivity contribution >= 4 is 28.3 Å². The minimum atomic E-state index is -1.21. The van der Waals surface area contributed by atoms with Crippen molar-refractivity contribution in [2.24, 2.45) is 7.05 Å². The van der Waals surface area contributed by atoms with Crippen LogP contribution in [0.4, 0.5) is 5.13 Å². The largest absolute Gasteiger partial charge is 0.478 e. The van der Waals surface area contributed by atoms with E-state index in [-0.39, 0.29) is 11.3 Å². The number of nitrogens with one attached hydrogen (secondary N) is 1. The zero-order valence-electron chi connectivity index (χ0n) is 13.8. The summed E-state index contributed by atoms with van der Waals surface area (Å²) < 4.78 is 3.04. The number of aromatic carboxylic acids is 1. The summed E-state index contributed by atoms with van der Waals surface area (Å²) in [7, 11) is 1.51. The molecule has 0 atom stereocenters. The van der Waals surface area contributed by atoms with Gasteiger partial charge in [-0.3, -0.25) is 19.5 Å². The van der Waals surface area contributed by atoms with Crippen LogP contribution in [0, 0.1) is 6.92 Å². The molecule has 0 saturated carbocycles. The van der Waals surface area contributed by atoms with Crippen LogP contribution in [-0.2, 0) is 13.6 Å². The minimum absolute atomic E-state index is 0.0285. The van der Waals surface area contributed by atoms with E-state index in [1.165, 1.54) is 23.1 Å². The van der Waals surface area contributed by atoms with Gasteiger partial charge in [-0.25, -0.2) is 9.78 Å². The summed E-state index contributed by atoms with van der Waals surface area (Å²) in [5, 5.41) is 22.2. The second-order valence-electron chi connectivity index (χ2n) is 5.31. The number of aromatic nitrogens is 5. The van der Waals surface area contributed by atoms with Gasteiger partial charge in [-0.2, -0.15) is 10.2 Å². The van der Waals surface area contributed by atoms with E-state index in [0.717, 1.165) is 24.0 Å². The quantitative estimate of drug-likeness (QED) is 0.719. The zero-order valence-corrected chi connectivity index (χ0v) is 14.7. The first-order valence-corrected chi connectivity index (χ1v) is 8.35. The number of carboxylic acids is 1. The normalized spacial score (nSPS) is 10.8. The third-order valence-corrected chi connectivity index (χ3v) is 4.41. The molecule has 3 aromatic rings. The molecule has 1 amide bonds. The van der Waals surface area contributed by atoms with Crippen molar-refractivity contribution in [1.29, 1.82) is 0 Å². The van der Waals surface area contributed by atoms with Crippen molar-refractivity contribution in [3.05, 3.63) is 34.7 Å². The lowest BCUT2D eigenvalue weighted by molar-refractivity contribution is 0.0692. The number of aryl methyl sites for hydroxylation is 3. The molecule has 10 heteroatoms. The first-order valence-electron chi connectivity index (χ1n) is 7.47. The highest BCUT2D eigenvalue weighted by atomic mass is 32.1. The Morgan fingerprint density at radius 1 is 1.40 bits per heavy atom. The third-order valence-electron chi connectivity index (χ3n) is 3.66. The van der Waals surface area contributed by atoms with Crippen LogP contribution < -0.4 is 5.32 Å². The fourth-order valence-electron chi connectivity index (χ4n) is 2.41. The van der Waals surface area contributed by atoms with Crippen LogP contribution in [0.3, 0.4) is 0 Å². The molecule has 0 saturated heterocycles. The highest BCUT2D eigenvalue weighted by molar-refractivity contribution is 7.14. The van der Waals surface area contributed by atoms with Crippen LogP contribution >= 0.6 is 11.3 Å². The Kier molecular flexibility index (Phi) is 4.36. The van der Waals surface area contributed by atoms with Gasteiger partial charge in [0.1, 0.15) is 11.3 Å². The van der Waals surface area contributed by atoms with Gasteiger partial charge in [0.15, 0.2) is 5.13 Å². The summed E-state index contributed by atoms with van der Waals surface area (Å²) in [6.07, 6.45) is 3.05. The maximum Gasteiger partial charge on any atom is 0.339 e. The van der Waals surface area contributed by atoms with E-state index in [1.54, 1.807) is 0 Å². The van der Waals surface area contributed by atoms with Crippen molar-refractivity contribution in [2.45, 2.75) is 20.4 Å². The Morgan fingerprint density at radius 2 is 2.16 bits per heavy atom. The van der Waals surface area contributed by atoms with E-state index in [1.807, 2.05) is 30.1 Å². The van der Waals surface area contributed by atoms with Gasteiger partial charge >= 0.3 is 5.97 Å². The summed E-state index contributed by atoms with van der Waals surface area (Å²) in [4.78, 5) is 28.0. The summed E-state index contributed by atoms with van der Waals surface area (Å²) in [6, 6.07) is 0. The predicted octanol–water partition coefficient (Wildman–Crippen LogP) is 2.02. The molecule has 0 unspecified atom stereocenters. The average Bonchev–Trinajstić information content (AvgIpc) is 3.25. The van der Waals surface area contributed by atoms with Gasteiger partial charge in [-0.05, 0) is 13.8 Å². The molecule has 3 heterocycles. The van der Waals surface area contributed by atoms with E-state index in [2.05, 4.69) is 20.5 Å². The van der Waals surface area contributed by atoms with Gasteiger partial charge in [0.05, 0.1) is 17.6 Å². The monoisotopic (exact) mass is 360 g/mol. The molecule has 0 aliphatic heterocycles. The zero-order chi connectivity index (χ0) is 18.1. The van der Waals surface area contributed by atoms with Crippen molar-refractivity contribution < 1.29 is 14.7 Å². The molecular weight excluding hydrogens is 344 g/mol. The molecule has 130 valence electrons. The first kappa shape index (κ1) is 16.8. The molecule has 9 nitrogen and oxygen atoms in total. The van der Waals surface area contributed by atoms with Crippen LogP contribution in [0.2, 0.25) is 0 Å². The molecule has 2 N–H and O–H groups in total. The second-order valence-corrected chi connectivity index (χ2v) is 6.17. The van der Waals surface area contributed by atoms with Crippen molar-refractivity contribution in [1.82, 2.24) is 24.5 Å². The second kappa shape index (κ2) is 6.48. The van der Waals surface area contributed by atoms with Crippen LogP contribution in [0.15, 0.2) is 17.8 Å². The molecule has 0 bridgehead atoms. The molecule has 0 aromatic carbocycles. The highest BCUT2D eigenvalue weighted by Crippen LogP contribution is 2.27. The van der Waals surface area contributed by atoms with E-state index >= 15 is 0 Å². The van der Waals surface area contributed by atoms with E-state index in [4.69, 9.17) is 5.11 Å². The van der Waals surface area contributed by atoms with Crippen molar-refractivity contribution in [3.63, 3.8) is 0 Å². The van der Waals surface area contributed by atoms with Crippen LogP contribution in [0.5, 0.6) is 0 Å². The number of hydrogen-bond acceptors (Lipinski definition) is 6. The number of carboxylic acid groups (broad SMARTS) is 1. The summed E-state index contributed by atoms with van der Waals surface area (Å²) in [6.45, 7) is 4.65. The SMILES string of the molecule is CCn1cc(-c2csc(NC(=O)c3c(C(=O)O)cnn3C)n2)c(C)n1. The van der Waals surface area contributed by atoms with Gasteiger partial charge in [-0.15, -0.1) is 11.3 Å². The lowest BCUT2D eigenvalue weighted by Gasteiger charge is -2.03. The number of carbonyl (C=O) groups excluding carboxylic acids is 1.